The highest BCUT2D eigenvalue weighted by molar-refractivity contribution is 7.18. The Hall–Kier alpha value is -2.72. The number of halogens is 1. The van der Waals surface area contributed by atoms with E-state index in [4.69, 9.17) is 4.74 Å². The number of fused-ring (bicyclic) bond motifs is 1. The summed E-state index contributed by atoms with van der Waals surface area (Å²) in [6.45, 7) is 5.76. The second-order valence-corrected chi connectivity index (χ2v) is 8.55. The number of hydrogen-bond donors (Lipinski definition) is 2. The summed E-state index contributed by atoms with van der Waals surface area (Å²) in [7, 11) is 0. The maximum absolute atomic E-state index is 13.5. The average molecular weight is 431 g/mol. The molecule has 3 aromatic rings. The minimum Gasteiger partial charge on any atom is -0.381 e. The molecule has 0 spiro atoms. The Morgan fingerprint density at radius 1 is 1.30 bits per heavy atom. The van der Waals surface area contributed by atoms with Crippen LogP contribution in [0.25, 0.3) is 10.3 Å². The number of ether oxygens (including phenoxy) is 1. The lowest BCUT2D eigenvalue weighted by Gasteiger charge is -2.22. The first-order chi connectivity index (χ1) is 14.5. The summed E-state index contributed by atoms with van der Waals surface area (Å²) in [6.07, 6.45) is 4.60. The number of nitrogens with one attached hydrogen (secondary N) is 2. The standard InChI is InChI=1S/C20H23FN6O2S/c1-11(14-7-15(21)10-22-9-14)24-20-26-16(17-18(27-20)25-12(2)30-17)19(28)23-8-13-3-5-29-6-4-13/h7,9-11,13H,3-6,8H2,1-2H3,(H,23,28)(H,24,26,27). The number of pyridine rings is 1. The molecular weight excluding hydrogens is 407 g/mol. The molecule has 1 atom stereocenters. The maximum Gasteiger partial charge on any atom is 0.271 e. The number of carbonyl (C=O) groups is 1. The molecule has 1 aliphatic rings. The molecule has 4 heterocycles. The van der Waals surface area contributed by atoms with Gasteiger partial charge in [-0.2, -0.15) is 4.98 Å². The number of thiazole rings is 1. The highest BCUT2D eigenvalue weighted by Gasteiger charge is 2.21. The van der Waals surface area contributed by atoms with Gasteiger partial charge in [0.15, 0.2) is 11.3 Å². The molecule has 0 aromatic carbocycles. The molecule has 158 valence electrons. The molecule has 4 rings (SSSR count). The van der Waals surface area contributed by atoms with Gasteiger partial charge in [0.2, 0.25) is 5.95 Å². The lowest BCUT2D eigenvalue weighted by atomic mass is 10.0. The quantitative estimate of drug-likeness (QED) is 0.619. The van der Waals surface area contributed by atoms with Crippen LogP contribution in [0.3, 0.4) is 0 Å². The van der Waals surface area contributed by atoms with Crippen molar-refractivity contribution in [1.82, 2.24) is 25.3 Å². The normalized spacial score (nSPS) is 15.8. The van der Waals surface area contributed by atoms with E-state index in [0.29, 0.717) is 34.1 Å². The fraction of sp³-hybridized carbons (Fsp3) is 0.450. The largest absolute Gasteiger partial charge is 0.381 e. The van der Waals surface area contributed by atoms with Crippen LogP contribution in [0.15, 0.2) is 18.5 Å². The van der Waals surface area contributed by atoms with Gasteiger partial charge in [0.05, 0.1) is 17.2 Å². The number of hydrogen-bond acceptors (Lipinski definition) is 8. The van der Waals surface area contributed by atoms with Gasteiger partial charge in [0.25, 0.3) is 5.91 Å². The lowest BCUT2D eigenvalue weighted by molar-refractivity contribution is 0.0642. The summed E-state index contributed by atoms with van der Waals surface area (Å²) in [5.41, 5.74) is 1.42. The van der Waals surface area contributed by atoms with Crippen LogP contribution in [0.5, 0.6) is 0 Å². The third kappa shape index (κ3) is 4.71. The molecule has 3 aromatic heterocycles. The van der Waals surface area contributed by atoms with Crippen LogP contribution in [0.2, 0.25) is 0 Å². The van der Waals surface area contributed by atoms with E-state index in [0.717, 1.165) is 37.3 Å². The van der Waals surface area contributed by atoms with Crippen LogP contribution < -0.4 is 10.6 Å². The molecule has 0 aliphatic carbocycles. The van der Waals surface area contributed by atoms with Crippen molar-refractivity contribution in [2.45, 2.75) is 32.7 Å². The molecular formula is C20H23FN6O2S. The zero-order valence-electron chi connectivity index (χ0n) is 16.8. The molecule has 0 radical (unpaired) electrons. The van der Waals surface area contributed by atoms with E-state index in [1.807, 2.05) is 13.8 Å². The second kappa shape index (κ2) is 8.97. The zero-order valence-corrected chi connectivity index (χ0v) is 17.6. The van der Waals surface area contributed by atoms with Crippen molar-refractivity contribution < 1.29 is 13.9 Å². The van der Waals surface area contributed by atoms with E-state index in [-0.39, 0.29) is 17.9 Å². The summed E-state index contributed by atoms with van der Waals surface area (Å²) in [6, 6.07) is 1.10. The molecule has 1 amide bonds. The third-order valence-electron chi connectivity index (χ3n) is 5.04. The van der Waals surface area contributed by atoms with Crippen LogP contribution in [0.4, 0.5) is 10.3 Å². The Kier molecular flexibility index (Phi) is 6.14. The second-order valence-electron chi connectivity index (χ2n) is 7.35. The first-order valence-electron chi connectivity index (χ1n) is 9.87. The third-order valence-corrected chi connectivity index (χ3v) is 6.01. The maximum atomic E-state index is 13.5. The average Bonchev–Trinajstić information content (AvgIpc) is 3.12. The summed E-state index contributed by atoms with van der Waals surface area (Å²) in [4.78, 5) is 30.1. The Bertz CT molecular complexity index is 1050. The monoisotopic (exact) mass is 430 g/mol. The minimum atomic E-state index is -0.416. The van der Waals surface area contributed by atoms with Crippen LogP contribution in [-0.4, -0.2) is 45.6 Å². The molecule has 2 N–H and O–H groups in total. The SMILES string of the molecule is Cc1nc2nc(NC(C)c3cncc(F)c3)nc(C(=O)NCC3CCOCC3)c2s1. The van der Waals surface area contributed by atoms with Gasteiger partial charge in [-0.15, -0.1) is 11.3 Å². The summed E-state index contributed by atoms with van der Waals surface area (Å²) >= 11 is 1.39. The van der Waals surface area contributed by atoms with Crippen molar-refractivity contribution in [3.8, 4) is 0 Å². The molecule has 1 aliphatic heterocycles. The Balaban J connectivity index is 1.56. The van der Waals surface area contributed by atoms with Crippen LogP contribution in [0, 0.1) is 18.7 Å². The first-order valence-corrected chi connectivity index (χ1v) is 10.7. The Morgan fingerprint density at radius 3 is 2.87 bits per heavy atom. The molecule has 30 heavy (non-hydrogen) atoms. The van der Waals surface area contributed by atoms with Crippen LogP contribution in [0.1, 0.15) is 46.9 Å². The number of amides is 1. The van der Waals surface area contributed by atoms with Crippen LogP contribution >= 0.6 is 11.3 Å². The van der Waals surface area contributed by atoms with Gasteiger partial charge >= 0.3 is 0 Å². The molecule has 10 heteroatoms. The van der Waals surface area contributed by atoms with Crippen molar-refractivity contribution in [3.05, 3.63) is 40.5 Å². The van der Waals surface area contributed by atoms with E-state index < -0.39 is 5.82 Å². The number of aryl methyl sites for hydroxylation is 1. The van der Waals surface area contributed by atoms with Crippen LogP contribution in [-0.2, 0) is 4.74 Å². The zero-order chi connectivity index (χ0) is 21.1. The van der Waals surface area contributed by atoms with Gasteiger partial charge in [0.1, 0.15) is 10.5 Å². The topological polar surface area (TPSA) is 102 Å². The Morgan fingerprint density at radius 2 is 2.10 bits per heavy atom. The molecule has 1 fully saturated rings. The minimum absolute atomic E-state index is 0.249. The fourth-order valence-electron chi connectivity index (χ4n) is 3.36. The van der Waals surface area contributed by atoms with Gasteiger partial charge in [-0.05, 0) is 44.2 Å². The van der Waals surface area contributed by atoms with Crippen molar-refractivity contribution in [2.75, 3.05) is 25.1 Å². The molecule has 1 unspecified atom stereocenters. The molecule has 8 nitrogen and oxygen atoms in total. The summed E-state index contributed by atoms with van der Waals surface area (Å²) in [5.74, 6) is 0.00332. The van der Waals surface area contributed by atoms with Crippen molar-refractivity contribution >= 4 is 33.5 Å². The van der Waals surface area contributed by atoms with Gasteiger partial charge in [-0.1, -0.05) is 0 Å². The van der Waals surface area contributed by atoms with E-state index in [2.05, 4.69) is 30.6 Å². The van der Waals surface area contributed by atoms with Gasteiger partial charge in [-0.25, -0.2) is 14.4 Å². The number of anilines is 1. The molecule has 0 bridgehead atoms. The highest BCUT2D eigenvalue weighted by Crippen LogP contribution is 2.26. The van der Waals surface area contributed by atoms with E-state index >= 15 is 0 Å². The predicted octanol–water partition coefficient (Wildman–Crippen LogP) is 3.26. The lowest BCUT2D eigenvalue weighted by Crippen LogP contribution is -2.32. The van der Waals surface area contributed by atoms with Crippen molar-refractivity contribution in [2.24, 2.45) is 5.92 Å². The smallest absolute Gasteiger partial charge is 0.271 e. The predicted molar refractivity (Wildman–Crippen MR) is 112 cm³/mol. The van der Waals surface area contributed by atoms with Crippen molar-refractivity contribution in [1.29, 1.82) is 0 Å². The van der Waals surface area contributed by atoms with Gasteiger partial charge < -0.3 is 15.4 Å². The molecule has 0 saturated carbocycles. The highest BCUT2D eigenvalue weighted by atomic mass is 32.1. The van der Waals surface area contributed by atoms with E-state index in [1.165, 1.54) is 17.4 Å². The number of nitrogens with zero attached hydrogens (tertiary/aromatic N) is 4. The van der Waals surface area contributed by atoms with Gasteiger partial charge in [-0.3, -0.25) is 9.78 Å². The number of rotatable bonds is 6. The fourth-order valence-corrected chi connectivity index (χ4v) is 4.20. The number of carbonyl (C=O) groups excluding carboxylic acids is 1. The molecule has 1 saturated heterocycles. The van der Waals surface area contributed by atoms with E-state index in [9.17, 15) is 9.18 Å². The summed E-state index contributed by atoms with van der Waals surface area (Å²) in [5, 5.41) is 6.93. The summed E-state index contributed by atoms with van der Waals surface area (Å²) < 4.78 is 19.5. The van der Waals surface area contributed by atoms with Crippen molar-refractivity contribution in [3.63, 3.8) is 0 Å². The Labute approximate surface area is 177 Å². The first kappa shape index (κ1) is 20.5. The number of aromatic nitrogens is 4. The van der Waals surface area contributed by atoms with E-state index in [1.54, 1.807) is 6.20 Å². The van der Waals surface area contributed by atoms with Gasteiger partial charge in [0, 0.05) is 26.0 Å².